The molecule has 0 aliphatic heterocycles. The maximum absolute atomic E-state index is 10.9. The van der Waals surface area contributed by atoms with Gasteiger partial charge in [-0.25, -0.2) is 0 Å². The zero-order chi connectivity index (χ0) is 9.07. The van der Waals surface area contributed by atoms with Crippen LogP contribution in [0.4, 0.5) is 0 Å². The summed E-state index contributed by atoms with van der Waals surface area (Å²) in [5.41, 5.74) is -0.176. The van der Waals surface area contributed by atoms with Gasteiger partial charge in [0.05, 0.1) is 6.10 Å². The topological polar surface area (TPSA) is 37.3 Å². The van der Waals surface area contributed by atoms with E-state index in [2.05, 4.69) is 0 Å². The molecular formula is C9H18O2. The molecule has 1 atom stereocenters. The lowest BCUT2D eigenvalue weighted by Crippen LogP contribution is -2.28. The molecular weight excluding hydrogens is 140 g/mol. The standard InChI is InChI=1S/C9H18O2/c1-5-7(10)6-8(11)9(2,3)4/h8,11H,5-6H2,1-4H3/t8-/m1/s1. The molecule has 0 aromatic heterocycles. The summed E-state index contributed by atoms with van der Waals surface area (Å²) < 4.78 is 0. The van der Waals surface area contributed by atoms with Crippen LogP contribution in [0, 0.1) is 5.41 Å². The quantitative estimate of drug-likeness (QED) is 0.679. The third-order valence-corrected chi connectivity index (χ3v) is 1.82. The van der Waals surface area contributed by atoms with Crippen molar-refractivity contribution in [3.63, 3.8) is 0 Å². The zero-order valence-corrected chi connectivity index (χ0v) is 7.85. The van der Waals surface area contributed by atoms with Gasteiger partial charge in [0.25, 0.3) is 0 Å². The summed E-state index contributed by atoms with van der Waals surface area (Å²) in [5.74, 6) is 0.132. The Kier molecular flexibility index (Phi) is 3.73. The van der Waals surface area contributed by atoms with Gasteiger partial charge >= 0.3 is 0 Å². The van der Waals surface area contributed by atoms with Crippen molar-refractivity contribution < 1.29 is 9.90 Å². The highest BCUT2D eigenvalue weighted by Gasteiger charge is 2.23. The number of hydrogen-bond acceptors (Lipinski definition) is 2. The monoisotopic (exact) mass is 158 g/mol. The van der Waals surface area contributed by atoms with Crippen LogP contribution >= 0.6 is 0 Å². The average Bonchev–Trinajstić information content (AvgIpc) is 1.85. The minimum atomic E-state index is -0.505. The number of carbonyl (C=O) groups is 1. The number of ketones is 1. The molecule has 0 aromatic carbocycles. The predicted molar refractivity (Wildman–Crippen MR) is 45.4 cm³/mol. The summed E-state index contributed by atoms with van der Waals surface area (Å²) >= 11 is 0. The van der Waals surface area contributed by atoms with E-state index in [4.69, 9.17) is 0 Å². The molecule has 0 fully saturated rings. The van der Waals surface area contributed by atoms with E-state index in [1.165, 1.54) is 0 Å². The van der Waals surface area contributed by atoms with Crippen LogP contribution in [0.15, 0.2) is 0 Å². The lowest BCUT2D eigenvalue weighted by atomic mass is 9.86. The first kappa shape index (κ1) is 10.6. The van der Waals surface area contributed by atoms with Crippen molar-refractivity contribution in [2.45, 2.75) is 46.6 Å². The lowest BCUT2D eigenvalue weighted by molar-refractivity contribution is -0.122. The van der Waals surface area contributed by atoms with Crippen LogP contribution in [-0.2, 0) is 4.79 Å². The van der Waals surface area contributed by atoms with E-state index in [1.54, 1.807) is 0 Å². The Morgan fingerprint density at radius 3 is 2.18 bits per heavy atom. The largest absolute Gasteiger partial charge is 0.392 e. The number of hydrogen-bond donors (Lipinski definition) is 1. The minimum Gasteiger partial charge on any atom is -0.392 e. The molecule has 66 valence electrons. The molecule has 0 rings (SSSR count). The second kappa shape index (κ2) is 3.86. The minimum absolute atomic E-state index is 0.132. The van der Waals surface area contributed by atoms with Gasteiger partial charge in [0, 0.05) is 12.8 Å². The van der Waals surface area contributed by atoms with E-state index in [1.807, 2.05) is 27.7 Å². The maximum atomic E-state index is 10.9. The van der Waals surface area contributed by atoms with E-state index in [-0.39, 0.29) is 11.2 Å². The molecule has 0 saturated carbocycles. The fourth-order valence-electron chi connectivity index (χ4n) is 0.666. The second-order valence-electron chi connectivity index (χ2n) is 3.98. The van der Waals surface area contributed by atoms with Crippen LogP contribution in [-0.4, -0.2) is 17.0 Å². The van der Waals surface area contributed by atoms with Crippen LogP contribution in [0.1, 0.15) is 40.5 Å². The highest BCUT2D eigenvalue weighted by molar-refractivity contribution is 5.78. The first-order valence-corrected chi connectivity index (χ1v) is 4.07. The van der Waals surface area contributed by atoms with Crippen LogP contribution in [0.3, 0.4) is 0 Å². The molecule has 0 aliphatic carbocycles. The molecule has 2 heteroatoms. The van der Waals surface area contributed by atoms with Gasteiger partial charge in [-0.1, -0.05) is 27.7 Å². The summed E-state index contributed by atoms with van der Waals surface area (Å²) in [5, 5.41) is 9.47. The van der Waals surface area contributed by atoms with E-state index >= 15 is 0 Å². The Morgan fingerprint density at radius 2 is 1.91 bits per heavy atom. The van der Waals surface area contributed by atoms with Crippen LogP contribution in [0.25, 0.3) is 0 Å². The van der Waals surface area contributed by atoms with Gasteiger partial charge in [-0.2, -0.15) is 0 Å². The summed E-state index contributed by atoms with van der Waals surface area (Å²) in [6, 6.07) is 0. The normalized spacial score (nSPS) is 14.6. The molecule has 2 nitrogen and oxygen atoms in total. The maximum Gasteiger partial charge on any atom is 0.135 e. The summed E-state index contributed by atoms with van der Waals surface area (Å²) in [6.45, 7) is 7.61. The Labute approximate surface area is 68.6 Å². The van der Waals surface area contributed by atoms with Gasteiger partial charge in [-0.05, 0) is 5.41 Å². The molecule has 1 N–H and O–H groups in total. The lowest BCUT2D eigenvalue weighted by Gasteiger charge is -2.24. The van der Waals surface area contributed by atoms with Crippen LogP contribution < -0.4 is 0 Å². The third kappa shape index (κ3) is 4.14. The molecule has 0 saturated heterocycles. The number of aliphatic hydroxyl groups is 1. The van der Waals surface area contributed by atoms with Gasteiger partial charge < -0.3 is 5.11 Å². The Bertz CT molecular complexity index is 133. The number of rotatable bonds is 3. The van der Waals surface area contributed by atoms with Gasteiger partial charge in [0.2, 0.25) is 0 Å². The first-order valence-electron chi connectivity index (χ1n) is 4.07. The van der Waals surface area contributed by atoms with E-state index in [0.717, 1.165) is 0 Å². The Morgan fingerprint density at radius 1 is 1.45 bits per heavy atom. The second-order valence-corrected chi connectivity index (χ2v) is 3.98. The summed E-state index contributed by atoms with van der Waals surface area (Å²) in [6.07, 6.45) is 0.308. The molecule has 0 unspecified atom stereocenters. The van der Waals surface area contributed by atoms with Crippen molar-refractivity contribution in [1.29, 1.82) is 0 Å². The SMILES string of the molecule is CCC(=O)C[C@@H](O)C(C)(C)C. The van der Waals surface area contributed by atoms with Crippen molar-refractivity contribution in [3.05, 3.63) is 0 Å². The molecule has 0 amide bonds. The summed E-state index contributed by atoms with van der Waals surface area (Å²) in [7, 11) is 0. The molecule has 0 aromatic rings. The van der Waals surface area contributed by atoms with Crippen molar-refractivity contribution in [2.75, 3.05) is 0 Å². The van der Waals surface area contributed by atoms with Crippen molar-refractivity contribution in [3.8, 4) is 0 Å². The average molecular weight is 158 g/mol. The van der Waals surface area contributed by atoms with Crippen molar-refractivity contribution >= 4 is 5.78 Å². The molecule has 0 radical (unpaired) electrons. The fourth-order valence-corrected chi connectivity index (χ4v) is 0.666. The fraction of sp³-hybridized carbons (Fsp3) is 0.889. The molecule has 0 heterocycles. The van der Waals surface area contributed by atoms with E-state index < -0.39 is 6.10 Å². The Balaban J connectivity index is 3.87. The van der Waals surface area contributed by atoms with Crippen LogP contribution in [0.5, 0.6) is 0 Å². The summed E-state index contributed by atoms with van der Waals surface area (Å²) in [4.78, 5) is 10.9. The van der Waals surface area contributed by atoms with Crippen molar-refractivity contribution in [2.24, 2.45) is 5.41 Å². The Hall–Kier alpha value is -0.370. The van der Waals surface area contributed by atoms with Gasteiger partial charge in [-0.15, -0.1) is 0 Å². The zero-order valence-electron chi connectivity index (χ0n) is 7.85. The third-order valence-electron chi connectivity index (χ3n) is 1.82. The molecule has 0 bridgehead atoms. The van der Waals surface area contributed by atoms with Gasteiger partial charge in [-0.3, -0.25) is 4.79 Å². The van der Waals surface area contributed by atoms with E-state index in [9.17, 15) is 9.90 Å². The molecule has 0 spiro atoms. The number of Topliss-reactive ketones (excluding diaryl/α,β-unsaturated/α-hetero) is 1. The first-order chi connectivity index (χ1) is 4.88. The number of carbonyl (C=O) groups excluding carboxylic acids is 1. The van der Waals surface area contributed by atoms with Gasteiger partial charge in [0.1, 0.15) is 5.78 Å². The van der Waals surface area contributed by atoms with Gasteiger partial charge in [0.15, 0.2) is 0 Å². The molecule has 0 aliphatic rings. The molecule has 11 heavy (non-hydrogen) atoms. The smallest absolute Gasteiger partial charge is 0.135 e. The van der Waals surface area contributed by atoms with Crippen LogP contribution in [0.2, 0.25) is 0 Å². The highest BCUT2D eigenvalue weighted by Crippen LogP contribution is 2.21. The van der Waals surface area contributed by atoms with Crippen molar-refractivity contribution in [1.82, 2.24) is 0 Å². The number of aliphatic hydroxyl groups excluding tert-OH is 1. The highest BCUT2D eigenvalue weighted by atomic mass is 16.3. The van der Waals surface area contributed by atoms with E-state index in [0.29, 0.717) is 12.8 Å². The predicted octanol–water partition coefficient (Wildman–Crippen LogP) is 1.76.